The Morgan fingerprint density at radius 2 is 1.87 bits per heavy atom. The first-order valence-electron chi connectivity index (χ1n) is 4.49. The third-order valence-electron chi connectivity index (χ3n) is 1.81. The zero-order valence-corrected chi connectivity index (χ0v) is 8.21. The van der Waals surface area contributed by atoms with Gasteiger partial charge in [0.1, 0.15) is 17.3 Å². The predicted molar refractivity (Wildman–Crippen MR) is 54.9 cm³/mol. The SMILES string of the molecule is Cc1ncc(Oc2cccc(O)c2)cn1. The Morgan fingerprint density at radius 1 is 1.13 bits per heavy atom. The van der Waals surface area contributed by atoms with E-state index in [9.17, 15) is 5.11 Å². The third-order valence-corrected chi connectivity index (χ3v) is 1.81. The average Bonchev–Trinajstić information content (AvgIpc) is 2.22. The summed E-state index contributed by atoms with van der Waals surface area (Å²) in [6.07, 6.45) is 3.18. The number of phenols is 1. The first kappa shape index (κ1) is 9.45. The van der Waals surface area contributed by atoms with Crippen LogP contribution < -0.4 is 4.74 Å². The smallest absolute Gasteiger partial charge is 0.164 e. The Morgan fingerprint density at radius 3 is 2.53 bits per heavy atom. The fraction of sp³-hybridized carbons (Fsp3) is 0.0909. The molecule has 0 atom stereocenters. The number of aryl methyl sites for hydroxylation is 1. The van der Waals surface area contributed by atoms with Crippen LogP contribution >= 0.6 is 0 Å². The number of aromatic hydroxyl groups is 1. The Hall–Kier alpha value is -2.10. The van der Waals surface area contributed by atoms with Gasteiger partial charge in [-0.05, 0) is 19.1 Å². The molecule has 0 aliphatic carbocycles. The van der Waals surface area contributed by atoms with E-state index in [1.54, 1.807) is 37.5 Å². The van der Waals surface area contributed by atoms with Crippen LogP contribution in [0.2, 0.25) is 0 Å². The van der Waals surface area contributed by atoms with Gasteiger partial charge in [-0.2, -0.15) is 0 Å². The third kappa shape index (κ3) is 2.43. The molecule has 1 heterocycles. The van der Waals surface area contributed by atoms with Crippen LogP contribution in [0.3, 0.4) is 0 Å². The number of rotatable bonds is 2. The molecule has 0 aliphatic rings. The highest BCUT2D eigenvalue weighted by molar-refractivity contribution is 5.34. The first-order chi connectivity index (χ1) is 7.24. The lowest BCUT2D eigenvalue weighted by molar-refractivity contribution is 0.453. The normalized spacial score (nSPS) is 9.93. The monoisotopic (exact) mass is 202 g/mol. The summed E-state index contributed by atoms with van der Waals surface area (Å²) in [7, 11) is 0. The highest BCUT2D eigenvalue weighted by atomic mass is 16.5. The summed E-state index contributed by atoms with van der Waals surface area (Å²) in [5.74, 6) is 1.97. The van der Waals surface area contributed by atoms with Crippen molar-refractivity contribution < 1.29 is 9.84 Å². The van der Waals surface area contributed by atoms with Gasteiger partial charge in [-0.1, -0.05) is 6.07 Å². The van der Waals surface area contributed by atoms with Gasteiger partial charge >= 0.3 is 0 Å². The van der Waals surface area contributed by atoms with Crippen molar-refractivity contribution in [2.45, 2.75) is 6.92 Å². The topological polar surface area (TPSA) is 55.2 Å². The summed E-state index contributed by atoms with van der Waals surface area (Å²) in [6, 6.07) is 6.57. The van der Waals surface area contributed by atoms with Crippen LogP contribution in [0, 0.1) is 6.92 Å². The van der Waals surface area contributed by atoms with Crippen molar-refractivity contribution >= 4 is 0 Å². The van der Waals surface area contributed by atoms with Crippen LogP contribution in [0.1, 0.15) is 5.82 Å². The maximum Gasteiger partial charge on any atom is 0.164 e. The molecular weight excluding hydrogens is 192 g/mol. The van der Waals surface area contributed by atoms with Crippen LogP contribution in [0.25, 0.3) is 0 Å². The molecule has 0 saturated carbocycles. The van der Waals surface area contributed by atoms with E-state index in [2.05, 4.69) is 9.97 Å². The molecule has 0 spiro atoms. The van der Waals surface area contributed by atoms with Crippen LogP contribution in [-0.4, -0.2) is 15.1 Å². The summed E-state index contributed by atoms with van der Waals surface area (Å²) >= 11 is 0. The molecule has 0 radical (unpaired) electrons. The number of ether oxygens (including phenoxy) is 1. The molecule has 1 aromatic heterocycles. The van der Waals surface area contributed by atoms with E-state index < -0.39 is 0 Å². The van der Waals surface area contributed by atoms with Crippen molar-refractivity contribution in [3.8, 4) is 17.2 Å². The largest absolute Gasteiger partial charge is 0.508 e. The van der Waals surface area contributed by atoms with Gasteiger partial charge in [-0.3, -0.25) is 0 Å². The Labute approximate surface area is 87.2 Å². The molecular formula is C11H10N2O2. The lowest BCUT2D eigenvalue weighted by Gasteiger charge is -2.04. The van der Waals surface area contributed by atoms with Gasteiger partial charge in [0, 0.05) is 6.07 Å². The zero-order chi connectivity index (χ0) is 10.7. The summed E-state index contributed by atoms with van der Waals surface area (Å²) in [5.41, 5.74) is 0. The van der Waals surface area contributed by atoms with Crippen molar-refractivity contribution in [2.24, 2.45) is 0 Å². The van der Waals surface area contributed by atoms with Crippen molar-refractivity contribution in [1.29, 1.82) is 0 Å². The van der Waals surface area contributed by atoms with E-state index in [4.69, 9.17) is 4.74 Å². The lowest BCUT2D eigenvalue weighted by atomic mass is 10.3. The number of aromatic nitrogens is 2. The molecule has 0 amide bonds. The Balaban J connectivity index is 2.18. The first-order valence-corrected chi connectivity index (χ1v) is 4.49. The van der Waals surface area contributed by atoms with Crippen LogP contribution in [0.5, 0.6) is 17.2 Å². The molecule has 0 bridgehead atoms. The Bertz CT molecular complexity index is 454. The van der Waals surface area contributed by atoms with Gasteiger partial charge in [0.25, 0.3) is 0 Å². The van der Waals surface area contributed by atoms with Crippen molar-refractivity contribution in [3.05, 3.63) is 42.5 Å². The van der Waals surface area contributed by atoms with Gasteiger partial charge in [0.15, 0.2) is 5.75 Å². The molecule has 2 aromatic rings. The predicted octanol–water partition coefficient (Wildman–Crippen LogP) is 2.28. The molecule has 0 fully saturated rings. The van der Waals surface area contributed by atoms with E-state index in [0.29, 0.717) is 17.3 Å². The molecule has 15 heavy (non-hydrogen) atoms. The summed E-state index contributed by atoms with van der Waals surface area (Å²) in [4.78, 5) is 8.00. The van der Waals surface area contributed by atoms with Gasteiger partial charge in [-0.15, -0.1) is 0 Å². The van der Waals surface area contributed by atoms with Crippen molar-refractivity contribution in [1.82, 2.24) is 9.97 Å². The quantitative estimate of drug-likeness (QED) is 0.811. The minimum absolute atomic E-state index is 0.167. The van der Waals surface area contributed by atoms with Gasteiger partial charge in [-0.25, -0.2) is 9.97 Å². The minimum atomic E-state index is 0.167. The second kappa shape index (κ2) is 3.96. The molecule has 2 rings (SSSR count). The molecule has 4 nitrogen and oxygen atoms in total. The molecule has 0 unspecified atom stereocenters. The molecule has 4 heteroatoms. The highest BCUT2D eigenvalue weighted by Crippen LogP contribution is 2.23. The molecule has 0 saturated heterocycles. The molecule has 1 aromatic carbocycles. The number of phenolic OH excluding ortho intramolecular Hbond substituents is 1. The summed E-state index contributed by atoms with van der Waals surface area (Å²) in [5, 5.41) is 9.22. The Kier molecular flexibility index (Phi) is 2.49. The maximum atomic E-state index is 9.22. The van der Waals surface area contributed by atoms with E-state index >= 15 is 0 Å². The van der Waals surface area contributed by atoms with E-state index in [0.717, 1.165) is 0 Å². The summed E-state index contributed by atoms with van der Waals surface area (Å²) in [6.45, 7) is 1.80. The number of benzene rings is 1. The molecule has 0 aliphatic heterocycles. The van der Waals surface area contributed by atoms with Gasteiger partial charge in [0.05, 0.1) is 12.4 Å². The number of hydrogen-bond acceptors (Lipinski definition) is 4. The standard InChI is InChI=1S/C11H10N2O2/c1-8-12-6-11(7-13-8)15-10-4-2-3-9(14)5-10/h2-7,14H,1H3. The second-order valence-electron chi connectivity index (χ2n) is 3.07. The van der Waals surface area contributed by atoms with Crippen LogP contribution in [0.15, 0.2) is 36.7 Å². The van der Waals surface area contributed by atoms with E-state index in [1.165, 1.54) is 6.07 Å². The average molecular weight is 202 g/mol. The minimum Gasteiger partial charge on any atom is -0.508 e. The number of nitrogens with zero attached hydrogens (tertiary/aromatic N) is 2. The molecule has 1 N–H and O–H groups in total. The van der Waals surface area contributed by atoms with Gasteiger partial charge in [0.2, 0.25) is 0 Å². The lowest BCUT2D eigenvalue weighted by Crippen LogP contribution is -1.89. The second-order valence-corrected chi connectivity index (χ2v) is 3.07. The maximum absolute atomic E-state index is 9.22. The zero-order valence-electron chi connectivity index (χ0n) is 8.21. The van der Waals surface area contributed by atoms with Crippen molar-refractivity contribution in [3.63, 3.8) is 0 Å². The van der Waals surface area contributed by atoms with Crippen LogP contribution in [0.4, 0.5) is 0 Å². The van der Waals surface area contributed by atoms with E-state index in [-0.39, 0.29) is 5.75 Å². The summed E-state index contributed by atoms with van der Waals surface area (Å²) < 4.78 is 5.43. The van der Waals surface area contributed by atoms with Crippen molar-refractivity contribution in [2.75, 3.05) is 0 Å². The van der Waals surface area contributed by atoms with E-state index in [1.807, 2.05) is 0 Å². The highest BCUT2D eigenvalue weighted by Gasteiger charge is 1.98. The molecule has 76 valence electrons. The fourth-order valence-electron chi connectivity index (χ4n) is 1.12. The van der Waals surface area contributed by atoms with Gasteiger partial charge < -0.3 is 9.84 Å². The van der Waals surface area contributed by atoms with Crippen LogP contribution in [-0.2, 0) is 0 Å². The fourth-order valence-corrected chi connectivity index (χ4v) is 1.12. The number of hydrogen-bond donors (Lipinski definition) is 1.